The van der Waals surface area contributed by atoms with Gasteiger partial charge in [-0.05, 0) is 30.7 Å². The van der Waals surface area contributed by atoms with Crippen molar-refractivity contribution >= 4 is 26.8 Å². The average molecular weight is 362 g/mol. The molecule has 2 aromatic rings. The molecule has 134 valence electrons. The second-order valence-corrected chi connectivity index (χ2v) is 9.60. The molecule has 8 heteroatoms. The van der Waals surface area contributed by atoms with Crippen LogP contribution in [-0.2, 0) is 21.1 Å². The maximum absolute atomic E-state index is 12.5. The highest BCUT2D eigenvalue weighted by molar-refractivity contribution is 7.91. The van der Waals surface area contributed by atoms with Crippen LogP contribution in [-0.4, -0.2) is 58.8 Å². The maximum Gasteiger partial charge on any atom is 0.223 e. The lowest BCUT2D eigenvalue weighted by molar-refractivity contribution is -0.130. The van der Waals surface area contributed by atoms with Gasteiger partial charge >= 0.3 is 0 Å². The van der Waals surface area contributed by atoms with Crippen LogP contribution in [0.25, 0.3) is 11.0 Å². The van der Waals surface area contributed by atoms with E-state index in [1.54, 1.807) is 12.4 Å². The van der Waals surface area contributed by atoms with Crippen molar-refractivity contribution in [1.29, 1.82) is 0 Å². The molecular formula is C17H22N4O3S. The first-order valence-corrected chi connectivity index (χ1v) is 10.5. The van der Waals surface area contributed by atoms with E-state index in [0.29, 0.717) is 32.2 Å². The van der Waals surface area contributed by atoms with E-state index in [1.807, 2.05) is 11.0 Å². The summed E-state index contributed by atoms with van der Waals surface area (Å²) in [6.45, 7) is 1.44. The number of aromatic nitrogens is 3. The summed E-state index contributed by atoms with van der Waals surface area (Å²) in [6.07, 6.45) is 6.73. The maximum atomic E-state index is 12.5. The van der Waals surface area contributed by atoms with E-state index in [9.17, 15) is 13.2 Å². The Bertz CT molecular complexity index is 859. The van der Waals surface area contributed by atoms with Crippen LogP contribution < -0.4 is 0 Å². The van der Waals surface area contributed by atoms with Gasteiger partial charge in [0.1, 0.15) is 15.7 Å². The van der Waals surface area contributed by atoms with E-state index < -0.39 is 9.84 Å². The number of aromatic amines is 1. The second kappa shape index (κ2) is 6.09. The summed E-state index contributed by atoms with van der Waals surface area (Å²) in [4.78, 5) is 26.2. The topological polar surface area (TPSA) is 96.0 Å². The van der Waals surface area contributed by atoms with Crippen LogP contribution in [0, 0.1) is 5.41 Å². The van der Waals surface area contributed by atoms with E-state index in [0.717, 1.165) is 29.8 Å². The van der Waals surface area contributed by atoms with Crippen molar-refractivity contribution in [1.82, 2.24) is 19.9 Å². The molecule has 1 N–H and O–H groups in total. The van der Waals surface area contributed by atoms with Gasteiger partial charge in [0.25, 0.3) is 0 Å². The lowest BCUT2D eigenvalue weighted by atomic mass is 9.81. The Morgan fingerprint density at radius 1 is 1.28 bits per heavy atom. The van der Waals surface area contributed by atoms with E-state index >= 15 is 0 Å². The number of hydrogen-bond acceptors (Lipinski definition) is 5. The van der Waals surface area contributed by atoms with Gasteiger partial charge in [-0.15, -0.1) is 0 Å². The first-order valence-electron chi connectivity index (χ1n) is 8.72. The number of aryl methyl sites for hydroxylation is 1. The average Bonchev–Trinajstić information content (AvgIpc) is 3.20. The number of amides is 1. The number of nitrogens with zero attached hydrogens (tertiary/aromatic N) is 3. The minimum atomic E-state index is -2.86. The van der Waals surface area contributed by atoms with E-state index in [2.05, 4.69) is 15.0 Å². The summed E-state index contributed by atoms with van der Waals surface area (Å²) in [5, 5.41) is 0. The summed E-state index contributed by atoms with van der Waals surface area (Å²) < 4.78 is 23.3. The van der Waals surface area contributed by atoms with E-state index in [4.69, 9.17) is 0 Å². The number of carbonyl (C=O) groups excluding carboxylic acids is 1. The Balaban J connectivity index is 1.34. The number of nitrogens with one attached hydrogen (secondary N) is 1. The predicted octanol–water partition coefficient (Wildman–Crippen LogP) is 1.32. The highest BCUT2D eigenvalue weighted by Crippen LogP contribution is 2.41. The molecule has 7 nitrogen and oxygen atoms in total. The molecule has 2 aliphatic rings. The van der Waals surface area contributed by atoms with Crippen molar-refractivity contribution in [3.8, 4) is 0 Å². The summed E-state index contributed by atoms with van der Waals surface area (Å²) >= 11 is 0. The third kappa shape index (κ3) is 3.40. The predicted molar refractivity (Wildman–Crippen MR) is 93.7 cm³/mol. The van der Waals surface area contributed by atoms with Gasteiger partial charge in [-0.3, -0.25) is 9.78 Å². The zero-order valence-corrected chi connectivity index (χ0v) is 14.9. The molecule has 2 saturated heterocycles. The molecule has 2 aromatic heterocycles. The van der Waals surface area contributed by atoms with Gasteiger partial charge in [0, 0.05) is 32.1 Å². The SMILES string of the molecule is O=C(CCc1nc2ccncc2[nH]1)N1CCC2(CCS(=O)(=O)CC2)C1. The van der Waals surface area contributed by atoms with Crippen LogP contribution in [0.1, 0.15) is 31.5 Å². The Hall–Kier alpha value is -1.96. The number of sulfone groups is 1. The number of H-pyrrole nitrogens is 1. The molecule has 2 aliphatic heterocycles. The van der Waals surface area contributed by atoms with Crippen molar-refractivity contribution in [2.45, 2.75) is 32.1 Å². The van der Waals surface area contributed by atoms with Crippen LogP contribution in [0.3, 0.4) is 0 Å². The molecular weight excluding hydrogens is 340 g/mol. The van der Waals surface area contributed by atoms with Gasteiger partial charge < -0.3 is 9.88 Å². The molecule has 1 spiro atoms. The van der Waals surface area contributed by atoms with Gasteiger partial charge in [-0.25, -0.2) is 13.4 Å². The lowest BCUT2D eigenvalue weighted by Crippen LogP contribution is -2.37. The molecule has 0 saturated carbocycles. The first-order chi connectivity index (χ1) is 11.9. The Kier molecular flexibility index (Phi) is 4.02. The van der Waals surface area contributed by atoms with Crippen molar-refractivity contribution in [3.05, 3.63) is 24.3 Å². The third-order valence-electron chi connectivity index (χ3n) is 5.59. The molecule has 1 amide bonds. The minimum absolute atomic E-state index is 0.0199. The Labute approximate surface area is 146 Å². The Morgan fingerprint density at radius 3 is 2.84 bits per heavy atom. The fourth-order valence-electron chi connectivity index (χ4n) is 3.94. The normalized spacial score (nSPS) is 21.8. The first kappa shape index (κ1) is 16.5. The number of likely N-dealkylation sites (tertiary alicyclic amines) is 1. The fourth-order valence-corrected chi connectivity index (χ4v) is 5.63. The number of carbonyl (C=O) groups is 1. The summed E-state index contributed by atoms with van der Waals surface area (Å²) in [6, 6.07) is 1.85. The highest BCUT2D eigenvalue weighted by atomic mass is 32.2. The van der Waals surface area contributed by atoms with Crippen LogP contribution >= 0.6 is 0 Å². The quantitative estimate of drug-likeness (QED) is 0.888. The molecule has 0 unspecified atom stereocenters. The molecule has 25 heavy (non-hydrogen) atoms. The largest absolute Gasteiger partial charge is 0.342 e. The summed E-state index contributed by atoms with van der Waals surface area (Å²) in [7, 11) is -2.86. The van der Waals surface area contributed by atoms with Crippen LogP contribution in [0.15, 0.2) is 18.5 Å². The summed E-state index contributed by atoms with van der Waals surface area (Å²) in [5.74, 6) is 1.46. The molecule has 2 fully saturated rings. The standard InChI is InChI=1S/C17H22N4O3S/c22-16(2-1-15-19-13-3-7-18-11-14(13)20-15)21-8-4-17(12-21)5-9-25(23,24)10-6-17/h3,7,11H,1-2,4-6,8-10,12H2,(H,19,20). The third-order valence-corrected chi connectivity index (χ3v) is 7.24. The van der Waals surface area contributed by atoms with Gasteiger partial charge in [0.05, 0.1) is 28.7 Å². The lowest BCUT2D eigenvalue weighted by Gasteiger charge is -2.33. The zero-order chi connectivity index (χ0) is 17.5. The number of imidazole rings is 1. The summed E-state index contributed by atoms with van der Waals surface area (Å²) in [5.41, 5.74) is 1.76. The van der Waals surface area contributed by atoms with Crippen molar-refractivity contribution in [2.75, 3.05) is 24.6 Å². The molecule has 4 rings (SSSR count). The van der Waals surface area contributed by atoms with Crippen LogP contribution in [0.5, 0.6) is 0 Å². The second-order valence-electron chi connectivity index (χ2n) is 7.29. The number of rotatable bonds is 3. The van der Waals surface area contributed by atoms with E-state index in [1.165, 1.54) is 0 Å². The van der Waals surface area contributed by atoms with E-state index in [-0.39, 0.29) is 22.8 Å². The van der Waals surface area contributed by atoms with Gasteiger partial charge in [0.15, 0.2) is 0 Å². The highest BCUT2D eigenvalue weighted by Gasteiger charge is 2.43. The molecule has 0 aromatic carbocycles. The van der Waals surface area contributed by atoms with Crippen LogP contribution in [0.2, 0.25) is 0 Å². The number of fused-ring (bicyclic) bond motifs is 1. The van der Waals surface area contributed by atoms with Gasteiger partial charge in [-0.1, -0.05) is 0 Å². The zero-order valence-electron chi connectivity index (χ0n) is 14.1. The molecule has 0 aliphatic carbocycles. The van der Waals surface area contributed by atoms with Gasteiger partial charge in [0.2, 0.25) is 5.91 Å². The molecule has 4 heterocycles. The molecule has 0 atom stereocenters. The molecule has 0 radical (unpaired) electrons. The number of pyridine rings is 1. The smallest absolute Gasteiger partial charge is 0.223 e. The van der Waals surface area contributed by atoms with Crippen molar-refractivity contribution in [2.24, 2.45) is 5.41 Å². The number of hydrogen-bond donors (Lipinski definition) is 1. The van der Waals surface area contributed by atoms with Gasteiger partial charge in [-0.2, -0.15) is 0 Å². The Morgan fingerprint density at radius 2 is 2.08 bits per heavy atom. The fraction of sp³-hybridized carbons (Fsp3) is 0.588. The molecule has 0 bridgehead atoms. The minimum Gasteiger partial charge on any atom is -0.342 e. The van der Waals surface area contributed by atoms with Crippen LogP contribution in [0.4, 0.5) is 0 Å². The van der Waals surface area contributed by atoms with Crippen molar-refractivity contribution in [3.63, 3.8) is 0 Å². The van der Waals surface area contributed by atoms with Crippen molar-refractivity contribution < 1.29 is 13.2 Å². The monoisotopic (exact) mass is 362 g/mol.